The van der Waals surface area contributed by atoms with Gasteiger partial charge >= 0.3 is 5.97 Å². The van der Waals surface area contributed by atoms with Gasteiger partial charge in [0.2, 0.25) is 0 Å². The molecular weight excluding hydrogens is 650 g/mol. The number of para-hydroxylation sites is 1. The number of halogens is 1. The summed E-state index contributed by atoms with van der Waals surface area (Å²) in [7, 11) is 1.79. The van der Waals surface area contributed by atoms with Crippen molar-refractivity contribution in [2.45, 2.75) is 39.0 Å². The Morgan fingerprint density at radius 3 is 2.71 bits per heavy atom. The van der Waals surface area contributed by atoms with Gasteiger partial charge < -0.3 is 25.4 Å². The highest BCUT2D eigenvalue weighted by atomic mass is 32.1. The van der Waals surface area contributed by atoms with Gasteiger partial charge in [-0.3, -0.25) is 0 Å². The van der Waals surface area contributed by atoms with E-state index in [0.717, 1.165) is 28.6 Å². The maximum atomic E-state index is 14.6. The van der Waals surface area contributed by atoms with Crippen molar-refractivity contribution in [1.29, 1.82) is 0 Å². The van der Waals surface area contributed by atoms with Crippen molar-refractivity contribution < 1.29 is 19.0 Å². The van der Waals surface area contributed by atoms with Crippen LogP contribution in [0.15, 0.2) is 48.5 Å². The molecule has 3 N–H and O–H groups in total. The SMILES string of the molecule is C#CCCCCN(c1cc(C)c(Nc2nc3ccccc3s2)nn1)c1nc(C(=O)O)c(CCCOc2ccc(C#CCNC)cc2F)s1. The zero-order valence-electron chi connectivity index (χ0n) is 26.5. The van der Waals surface area contributed by atoms with E-state index in [9.17, 15) is 14.3 Å². The molecule has 3 aromatic heterocycles. The summed E-state index contributed by atoms with van der Waals surface area (Å²) in [6.07, 6.45) is 8.47. The van der Waals surface area contributed by atoms with Crippen molar-refractivity contribution in [2.75, 3.05) is 37.0 Å². The number of nitrogens with zero attached hydrogens (tertiary/aromatic N) is 5. The molecule has 48 heavy (non-hydrogen) atoms. The highest BCUT2D eigenvalue weighted by Crippen LogP contribution is 2.34. The van der Waals surface area contributed by atoms with E-state index in [1.54, 1.807) is 19.2 Å². The molecule has 0 spiro atoms. The number of ether oxygens (including phenoxy) is 1. The Morgan fingerprint density at radius 2 is 1.96 bits per heavy atom. The summed E-state index contributed by atoms with van der Waals surface area (Å²) < 4.78 is 21.3. The molecule has 0 aliphatic heterocycles. The van der Waals surface area contributed by atoms with Crippen LogP contribution in [0.2, 0.25) is 0 Å². The van der Waals surface area contributed by atoms with Gasteiger partial charge in [0.25, 0.3) is 0 Å². The maximum Gasteiger partial charge on any atom is 0.355 e. The van der Waals surface area contributed by atoms with Gasteiger partial charge in [-0.05, 0) is 81.6 Å². The normalized spacial score (nSPS) is 10.7. The van der Waals surface area contributed by atoms with Crippen LogP contribution in [0.5, 0.6) is 5.75 Å². The fourth-order valence-electron chi connectivity index (χ4n) is 4.70. The molecule has 0 atom stereocenters. The zero-order valence-corrected chi connectivity index (χ0v) is 28.2. The number of benzene rings is 2. The van der Waals surface area contributed by atoms with Gasteiger partial charge in [0.05, 0.1) is 23.4 Å². The summed E-state index contributed by atoms with van der Waals surface area (Å²) in [5, 5.41) is 26.3. The van der Waals surface area contributed by atoms with Gasteiger partial charge in [0.1, 0.15) is 0 Å². The van der Waals surface area contributed by atoms with E-state index in [1.807, 2.05) is 42.2 Å². The van der Waals surface area contributed by atoms with E-state index in [4.69, 9.17) is 11.2 Å². The molecule has 0 bridgehead atoms. The summed E-state index contributed by atoms with van der Waals surface area (Å²) in [6, 6.07) is 14.4. The number of aromatic nitrogens is 4. The summed E-state index contributed by atoms with van der Waals surface area (Å²) in [5.74, 6) is 8.04. The molecule has 246 valence electrons. The number of anilines is 4. The molecule has 0 radical (unpaired) electrons. The summed E-state index contributed by atoms with van der Waals surface area (Å²) in [5.41, 5.74) is 2.27. The molecule has 0 saturated carbocycles. The Bertz CT molecular complexity index is 1960. The smallest absolute Gasteiger partial charge is 0.355 e. The lowest BCUT2D eigenvalue weighted by Gasteiger charge is -2.21. The summed E-state index contributed by atoms with van der Waals surface area (Å²) in [4.78, 5) is 23.8. The topological polar surface area (TPSA) is 125 Å². The van der Waals surface area contributed by atoms with Gasteiger partial charge in [-0.2, -0.15) is 0 Å². The number of carbonyl (C=O) groups is 1. The van der Waals surface area contributed by atoms with Crippen LogP contribution in [0.3, 0.4) is 0 Å². The second-order valence-corrected chi connectivity index (χ2v) is 12.8. The molecule has 5 rings (SSSR count). The van der Waals surface area contributed by atoms with E-state index in [0.29, 0.717) is 64.7 Å². The van der Waals surface area contributed by atoms with Crippen LogP contribution >= 0.6 is 22.7 Å². The van der Waals surface area contributed by atoms with Crippen LogP contribution in [-0.2, 0) is 6.42 Å². The molecule has 0 fully saturated rings. The Balaban J connectivity index is 1.30. The minimum Gasteiger partial charge on any atom is -0.491 e. The van der Waals surface area contributed by atoms with Gasteiger partial charge in [-0.25, -0.2) is 19.2 Å². The minimum atomic E-state index is -1.13. The lowest BCUT2D eigenvalue weighted by molar-refractivity contribution is 0.0690. The second kappa shape index (κ2) is 16.7. The number of fused-ring (bicyclic) bond motifs is 1. The highest BCUT2D eigenvalue weighted by molar-refractivity contribution is 7.22. The Labute approximate surface area is 286 Å². The van der Waals surface area contributed by atoms with Crippen LogP contribution in [0.25, 0.3) is 10.2 Å². The van der Waals surface area contributed by atoms with Crippen molar-refractivity contribution in [3.05, 3.63) is 76.0 Å². The molecule has 0 amide bonds. The summed E-state index contributed by atoms with van der Waals surface area (Å²) >= 11 is 2.81. The average molecular weight is 684 g/mol. The lowest BCUT2D eigenvalue weighted by atomic mass is 10.2. The van der Waals surface area contributed by atoms with Crippen molar-refractivity contribution in [1.82, 2.24) is 25.5 Å². The van der Waals surface area contributed by atoms with Crippen LogP contribution < -0.4 is 20.3 Å². The predicted molar refractivity (Wildman–Crippen MR) is 189 cm³/mol. The van der Waals surface area contributed by atoms with Crippen LogP contribution in [-0.4, -0.2) is 58.0 Å². The first kappa shape index (κ1) is 34.3. The van der Waals surface area contributed by atoms with Crippen molar-refractivity contribution in [2.24, 2.45) is 0 Å². The van der Waals surface area contributed by atoms with Crippen molar-refractivity contribution in [3.63, 3.8) is 0 Å². The van der Waals surface area contributed by atoms with Crippen LogP contribution in [0.1, 0.15) is 52.2 Å². The molecule has 13 heteroatoms. The number of unbranched alkanes of at least 4 members (excludes halogenated alkanes) is 2. The quantitative estimate of drug-likeness (QED) is 0.0788. The number of rotatable bonds is 15. The predicted octanol–water partition coefficient (Wildman–Crippen LogP) is 6.96. The molecular formula is C35H34FN7O3S2. The first-order valence-electron chi connectivity index (χ1n) is 15.3. The van der Waals surface area contributed by atoms with E-state index in [2.05, 4.69) is 48.6 Å². The zero-order chi connectivity index (χ0) is 33.9. The van der Waals surface area contributed by atoms with Gasteiger partial charge in [0.15, 0.2) is 39.2 Å². The number of aromatic carboxylic acids is 1. The van der Waals surface area contributed by atoms with E-state index < -0.39 is 11.8 Å². The molecule has 2 aromatic carbocycles. The standard InChI is InChI=1S/C35H34FN7O3S2/c1-4-5-6-9-19-43(30-21-23(2)32(42-41-30)40-34-38-26-13-7-8-14-28(26)47-34)35-39-31(33(44)45)29(48-35)15-11-20-46-27-17-16-24(22-25(27)36)12-10-18-37-3/h1,7-8,13-14,16-17,21-22,37H,5-6,9,11,15,18-20H2,2-3H3,(H,44,45)(H,38,40,42). The molecule has 0 unspecified atom stereocenters. The van der Waals surface area contributed by atoms with E-state index >= 15 is 0 Å². The molecule has 0 saturated heterocycles. The number of carboxylic acid groups (broad SMARTS) is 1. The Kier molecular flexibility index (Phi) is 11.9. The molecule has 0 aliphatic rings. The third kappa shape index (κ3) is 8.83. The monoisotopic (exact) mass is 683 g/mol. The minimum absolute atomic E-state index is 0.0295. The van der Waals surface area contributed by atoms with E-state index in [1.165, 1.54) is 28.7 Å². The maximum absolute atomic E-state index is 14.6. The van der Waals surface area contributed by atoms with Gasteiger partial charge in [0, 0.05) is 23.4 Å². The number of thiazole rings is 2. The van der Waals surface area contributed by atoms with Gasteiger partial charge in [-0.15, -0.1) is 33.9 Å². The molecule has 0 aliphatic carbocycles. The fourth-order valence-corrected chi connectivity index (χ4v) is 6.69. The number of terminal acetylenes is 1. The Hall–Kier alpha value is -5.08. The number of nitrogens with one attached hydrogen (secondary N) is 2. The van der Waals surface area contributed by atoms with Crippen LogP contribution in [0, 0.1) is 36.9 Å². The number of hydrogen-bond donors (Lipinski definition) is 3. The second-order valence-electron chi connectivity index (χ2n) is 10.7. The van der Waals surface area contributed by atoms with E-state index in [-0.39, 0.29) is 18.1 Å². The third-order valence-electron chi connectivity index (χ3n) is 7.08. The van der Waals surface area contributed by atoms with Gasteiger partial charge in [-0.1, -0.05) is 35.3 Å². The number of hydrogen-bond acceptors (Lipinski definition) is 11. The largest absolute Gasteiger partial charge is 0.491 e. The molecule has 3 heterocycles. The number of aryl methyl sites for hydroxylation is 2. The first-order valence-corrected chi connectivity index (χ1v) is 17.0. The Morgan fingerprint density at radius 1 is 1.10 bits per heavy atom. The van der Waals surface area contributed by atoms with Crippen LogP contribution in [0.4, 0.5) is 26.3 Å². The molecule has 5 aromatic rings. The summed E-state index contributed by atoms with van der Waals surface area (Å²) in [6.45, 7) is 3.14. The molecule has 10 nitrogen and oxygen atoms in total. The average Bonchev–Trinajstić information content (AvgIpc) is 3.69. The fraction of sp³-hybridized carbons (Fsp3) is 0.286. The van der Waals surface area contributed by atoms with Crippen molar-refractivity contribution >= 4 is 60.8 Å². The lowest BCUT2D eigenvalue weighted by Crippen LogP contribution is -2.20. The first-order chi connectivity index (χ1) is 23.4. The highest BCUT2D eigenvalue weighted by Gasteiger charge is 2.23. The third-order valence-corrected chi connectivity index (χ3v) is 9.17. The number of carboxylic acids is 1. The van der Waals surface area contributed by atoms with Crippen molar-refractivity contribution in [3.8, 4) is 29.9 Å².